The number of nitrogens with one attached hydrogen (secondary N) is 1. The van der Waals surface area contributed by atoms with Gasteiger partial charge >= 0.3 is 0 Å². The molecule has 0 aromatic heterocycles. The van der Waals surface area contributed by atoms with Gasteiger partial charge in [-0.25, -0.2) is 0 Å². The molecule has 0 unspecified atom stereocenters. The first kappa shape index (κ1) is 13.6. The highest BCUT2D eigenvalue weighted by atomic mass is 79.9. The van der Waals surface area contributed by atoms with Crippen LogP contribution in [0.4, 0.5) is 0 Å². The van der Waals surface area contributed by atoms with Gasteiger partial charge in [0.2, 0.25) is 0 Å². The molecule has 0 bridgehead atoms. The Hall–Kier alpha value is -1.81. The first-order valence-corrected chi connectivity index (χ1v) is 6.65. The van der Waals surface area contributed by atoms with Crippen LogP contribution in [0.5, 0.6) is 5.75 Å². The molecule has 2 rings (SSSR count). The normalized spacial score (nSPS) is 10.0. The maximum absolute atomic E-state index is 11.9. The third-order valence-electron chi connectivity index (χ3n) is 2.69. The van der Waals surface area contributed by atoms with Gasteiger partial charge in [-0.15, -0.1) is 0 Å². The predicted octanol–water partition coefficient (Wildman–Crippen LogP) is 3.39. The van der Waals surface area contributed by atoms with Crippen molar-refractivity contribution >= 4 is 21.8 Å². The van der Waals surface area contributed by atoms with Crippen LogP contribution in [0, 0.1) is 0 Å². The van der Waals surface area contributed by atoms with Crippen LogP contribution in [0.15, 0.2) is 53.0 Å². The second kappa shape index (κ2) is 6.38. The number of amides is 1. The van der Waals surface area contributed by atoms with Gasteiger partial charge in [0.15, 0.2) is 0 Å². The molecule has 0 spiro atoms. The number of methoxy groups -OCH3 is 1. The lowest BCUT2D eigenvalue weighted by atomic mass is 10.2. The monoisotopic (exact) mass is 319 g/mol. The van der Waals surface area contributed by atoms with Gasteiger partial charge in [-0.1, -0.05) is 28.1 Å². The van der Waals surface area contributed by atoms with Crippen LogP contribution >= 0.6 is 15.9 Å². The van der Waals surface area contributed by atoms with E-state index in [4.69, 9.17) is 4.74 Å². The van der Waals surface area contributed by atoms with Gasteiger partial charge < -0.3 is 10.1 Å². The molecule has 2 aromatic carbocycles. The quantitative estimate of drug-likeness (QED) is 0.938. The highest BCUT2D eigenvalue weighted by Gasteiger charge is 2.05. The van der Waals surface area contributed by atoms with E-state index in [-0.39, 0.29) is 5.91 Å². The lowest BCUT2D eigenvalue weighted by Crippen LogP contribution is -2.22. The summed E-state index contributed by atoms with van der Waals surface area (Å²) in [6, 6.07) is 14.9. The van der Waals surface area contributed by atoms with Crippen molar-refractivity contribution in [1.29, 1.82) is 0 Å². The number of benzene rings is 2. The molecule has 0 aliphatic heterocycles. The molecule has 0 aliphatic rings. The lowest BCUT2D eigenvalue weighted by Gasteiger charge is -2.07. The standard InChI is InChI=1S/C15H14BrNO2/c1-19-14-4-2-3-11(9-14)10-17-15(18)12-5-7-13(16)8-6-12/h2-9H,10H2,1H3,(H,17,18). The number of carbonyl (C=O) groups is 1. The molecule has 98 valence electrons. The van der Waals surface area contributed by atoms with Gasteiger partial charge in [-0.05, 0) is 42.0 Å². The molecule has 3 nitrogen and oxygen atoms in total. The van der Waals surface area contributed by atoms with E-state index >= 15 is 0 Å². The zero-order chi connectivity index (χ0) is 13.7. The second-order valence-electron chi connectivity index (χ2n) is 4.04. The molecule has 4 heteroatoms. The predicted molar refractivity (Wildman–Crippen MR) is 78.3 cm³/mol. The molecule has 0 saturated carbocycles. The third kappa shape index (κ3) is 3.83. The maximum Gasteiger partial charge on any atom is 0.251 e. The van der Waals surface area contributed by atoms with Crippen molar-refractivity contribution < 1.29 is 9.53 Å². The van der Waals surface area contributed by atoms with E-state index in [0.29, 0.717) is 12.1 Å². The molecule has 0 aliphatic carbocycles. The molecule has 0 fully saturated rings. The molecule has 2 aromatic rings. The molecular formula is C15H14BrNO2. The van der Waals surface area contributed by atoms with Crippen LogP contribution in [0.1, 0.15) is 15.9 Å². The van der Waals surface area contributed by atoms with Crippen molar-refractivity contribution in [3.8, 4) is 5.75 Å². The minimum Gasteiger partial charge on any atom is -0.497 e. The summed E-state index contributed by atoms with van der Waals surface area (Å²) in [6.07, 6.45) is 0. The fraction of sp³-hybridized carbons (Fsp3) is 0.133. The minimum absolute atomic E-state index is 0.0877. The van der Waals surface area contributed by atoms with Crippen molar-refractivity contribution in [1.82, 2.24) is 5.32 Å². The Bertz CT molecular complexity index is 567. The summed E-state index contributed by atoms with van der Waals surface area (Å²) in [5.74, 6) is 0.700. The average Bonchev–Trinajstić information content (AvgIpc) is 2.46. The summed E-state index contributed by atoms with van der Waals surface area (Å²) in [5.41, 5.74) is 1.65. The highest BCUT2D eigenvalue weighted by molar-refractivity contribution is 9.10. The number of ether oxygens (including phenoxy) is 1. The molecule has 19 heavy (non-hydrogen) atoms. The van der Waals surface area contributed by atoms with E-state index in [1.807, 2.05) is 36.4 Å². The van der Waals surface area contributed by atoms with E-state index in [1.165, 1.54) is 0 Å². The fourth-order valence-corrected chi connectivity index (χ4v) is 1.93. The van der Waals surface area contributed by atoms with E-state index in [1.54, 1.807) is 19.2 Å². The van der Waals surface area contributed by atoms with Gasteiger partial charge in [0.25, 0.3) is 5.91 Å². The highest BCUT2D eigenvalue weighted by Crippen LogP contribution is 2.13. The summed E-state index contributed by atoms with van der Waals surface area (Å²) < 4.78 is 6.10. The maximum atomic E-state index is 11.9. The summed E-state index contributed by atoms with van der Waals surface area (Å²) in [5, 5.41) is 2.88. The summed E-state index contributed by atoms with van der Waals surface area (Å²) in [6.45, 7) is 0.478. The number of hydrogen-bond donors (Lipinski definition) is 1. The zero-order valence-corrected chi connectivity index (χ0v) is 12.1. The van der Waals surface area contributed by atoms with Crippen LogP contribution in [0.3, 0.4) is 0 Å². The SMILES string of the molecule is COc1cccc(CNC(=O)c2ccc(Br)cc2)c1. The van der Waals surface area contributed by atoms with Gasteiger partial charge in [0, 0.05) is 16.6 Å². The van der Waals surface area contributed by atoms with E-state index in [2.05, 4.69) is 21.2 Å². The van der Waals surface area contributed by atoms with Crippen LogP contribution in [-0.2, 0) is 6.54 Å². The Morgan fingerprint density at radius 2 is 1.95 bits per heavy atom. The van der Waals surface area contributed by atoms with Crippen LogP contribution in [0.2, 0.25) is 0 Å². The van der Waals surface area contributed by atoms with Gasteiger partial charge in [-0.3, -0.25) is 4.79 Å². The van der Waals surface area contributed by atoms with Crippen molar-refractivity contribution in [3.63, 3.8) is 0 Å². The lowest BCUT2D eigenvalue weighted by molar-refractivity contribution is 0.0951. The molecule has 0 atom stereocenters. The van der Waals surface area contributed by atoms with E-state index in [0.717, 1.165) is 15.8 Å². The van der Waals surface area contributed by atoms with Gasteiger partial charge in [-0.2, -0.15) is 0 Å². The van der Waals surface area contributed by atoms with Crippen molar-refractivity contribution in [2.45, 2.75) is 6.54 Å². The van der Waals surface area contributed by atoms with Crippen molar-refractivity contribution in [3.05, 3.63) is 64.1 Å². The van der Waals surface area contributed by atoms with Gasteiger partial charge in [0.05, 0.1) is 7.11 Å². The topological polar surface area (TPSA) is 38.3 Å². The zero-order valence-electron chi connectivity index (χ0n) is 10.5. The molecule has 1 amide bonds. The second-order valence-corrected chi connectivity index (χ2v) is 4.96. The Morgan fingerprint density at radius 1 is 1.21 bits per heavy atom. The van der Waals surface area contributed by atoms with Crippen LogP contribution in [0.25, 0.3) is 0 Å². The summed E-state index contributed by atoms with van der Waals surface area (Å²) in [4.78, 5) is 11.9. The average molecular weight is 320 g/mol. The first-order chi connectivity index (χ1) is 9.19. The number of carbonyl (C=O) groups excluding carboxylic acids is 1. The molecular weight excluding hydrogens is 306 g/mol. The van der Waals surface area contributed by atoms with Crippen molar-refractivity contribution in [2.24, 2.45) is 0 Å². The third-order valence-corrected chi connectivity index (χ3v) is 3.22. The molecule has 0 saturated heterocycles. The van der Waals surface area contributed by atoms with E-state index in [9.17, 15) is 4.79 Å². The number of hydrogen-bond acceptors (Lipinski definition) is 2. The molecule has 0 heterocycles. The Labute approximate surface area is 120 Å². The van der Waals surface area contributed by atoms with E-state index < -0.39 is 0 Å². The van der Waals surface area contributed by atoms with Gasteiger partial charge in [0.1, 0.15) is 5.75 Å². The number of halogens is 1. The number of rotatable bonds is 4. The molecule has 1 N–H and O–H groups in total. The first-order valence-electron chi connectivity index (χ1n) is 5.86. The van der Waals surface area contributed by atoms with Crippen LogP contribution in [-0.4, -0.2) is 13.0 Å². The largest absolute Gasteiger partial charge is 0.497 e. The summed E-state index contributed by atoms with van der Waals surface area (Å²) >= 11 is 3.34. The fourth-order valence-electron chi connectivity index (χ4n) is 1.67. The smallest absolute Gasteiger partial charge is 0.251 e. The van der Waals surface area contributed by atoms with Crippen molar-refractivity contribution in [2.75, 3.05) is 7.11 Å². The Morgan fingerprint density at radius 3 is 2.63 bits per heavy atom. The van der Waals surface area contributed by atoms with Crippen LogP contribution < -0.4 is 10.1 Å². The molecule has 0 radical (unpaired) electrons. The minimum atomic E-state index is -0.0877. The Balaban J connectivity index is 1.98. The Kier molecular flexibility index (Phi) is 4.58. The summed E-state index contributed by atoms with van der Waals surface area (Å²) in [7, 11) is 1.62.